The Balaban J connectivity index is 1.21. The van der Waals surface area contributed by atoms with Crippen molar-refractivity contribution in [1.29, 1.82) is 0 Å². The van der Waals surface area contributed by atoms with E-state index in [0.717, 1.165) is 50.0 Å². The number of nitrogens with two attached hydrogens (primary N) is 1. The molecule has 1 saturated heterocycles. The highest BCUT2D eigenvalue weighted by Gasteiger charge is 2.23. The number of rotatable bonds is 6. The van der Waals surface area contributed by atoms with Gasteiger partial charge in [-0.15, -0.1) is 0 Å². The molecule has 0 atom stereocenters. The molecule has 0 aliphatic carbocycles. The van der Waals surface area contributed by atoms with Gasteiger partial charge >= 0.3 is 0 Å². The number of nitrogen functional groups attached to an aromatic ring is 1. The Kier molecular flexibility index (Phi) is 5.92. The summed E-state index contributed by atoms with van der Waals surface area (Å²) in [6.45, 7) is 8.97. The van der Waals surface area contributed by atoms with Gasteiger partial charge in [0.2, 0.25) is 12.7 Å². The molecule has 172 valence electrons. The van der Waals surface area contributed by atoms with Gasteiger partial charge in [0, 0.05) is 32.7 Å². The molecule has 0 saturated carbocycles. The van der Waals surface area contributed by atoms with Crippen LogP contribution < -0.4 is 24.8 Å². The topological polar surface area (TPSA) is 86.0 Å². The van der Waals surface area contributed by atoms with Crippen molar-refractivity contribution in [3.63, 3.8) is 0 Å². The number of nitrogens with zero attached hydrogens (tertiary/aromatic N) is 4. The molecule has 0 radical (unpaired) electrons. The molecule has 0 amide bonds. The number of hydrogen-bond donors (Lipinski definition) is 1. The van der Waals surface area contributed by atoms with E-state index in [4.69, 9.17) is 19.9 Å². The molecule has 33 heavy (non-hydrogen) atoms. The van der Waals surface area contributed by atoms with E-state index in [2.05, 4.69) is 57.9 Å². The van der Waals surface area contributed by atoms with E-state index >= 15 is 0 Å². The molecule has 0 spiro atoms. The lowest BCUT2D eigenvalue weighted by molar-refractivity contribution is 0.174. The third-order valence-electron chi connectivity index (χ3n) is 6.10. The van der Waals surface area contributed by atoms with Crippen LogP contribution >= 0.6 is 0 Å². The molecule has 8 nitrogen and oxygen atoms in total. The summed E-state index contributed by atoms with van der Waals surface area (Å²) >= 11 is 0. The summed E-state index contributed by atoms with van der Waals surface area (Å²) in [7, 11) is 0. The van der Waals surface area contributed by atoms with Gasteiger partial charge in [0.05, 0.1) is 0 Å². The first-order valence-corrected chi connectivity index (χ1v) is 11.3. The first kappa shape index (κ1) is 21.3. The van der Waals surface area contributed by atoms with Crippen molar-refractivity contribution in [3.05, 3.63) is 59.9 Å². The van der Waals surface area contributed by atoms with Gasteiger partial charge < -0.3 is 24.8 Å². The quantitative estimate of drug-likeness (QED) is 0.606. The smallest absolute Gasteiger partial charge is 0.248 e. The number of benzene rings is 2. The number of fused-ring (bicyclic) bond motifs is 1. The van der Waals surface area contributed by atoms with Gasteiger partial charge in [-0.25, -0.2) is 4.98 Å². The fourth-order valence-corrected chi connectivity index (χ4v) is 4.15. The zero-order valence-corrected chi connectivity index (χ0v) is 19.0. The fraction of sp³-hybridized carbons (Fsp3) is 0.360. The van der Waals surface area contributed by atoms with E-state index in [9.17, 15) is 0 Å². The molecule has 3 aromatic rings. The monoisotopic (exact) mass is 447 g/mol. The van der Waals surface area contributed by atoms with Crippen molar-refractivity contribution in [3.8, 4) is 23.1 Å². The molecular formula is C25H29N5O3. The number of anilines is 2. The second kappa shape index (κ2) is 9.15. The van der Waals surface area contributed by atoms with Crippen molar-refractivity contribution in [2.75, 3.05) is 43.6 Å². The van der Waals surface area contributed by atoms with Gasteiger partial charge in [-0.1, -0.05) is 32.0 Å². The van der Waals surface area contributed by atoms with Crippen LogP contribution in [0.3, 0.4) is 0 Å². The van der Waals surface area contributed by atoms with Gasteiger partial charge in [0.1, 0.15) is 17.8 Å². The van der Waals surface area contributed by atoms with Crippen molar-refractivity contribution in [2.24, 2.45) is 0 Å². The van der Waals surface area contributed by atoms with Crippen LogP contribution in [0.2, 0.25) is 0 Å². The van der Waals surface area contributed by atoms with Crippen LogP contribution in [0.4, 0.5) is 11.5 Å². The Bertz CT molecular complexity index is 1110. The standard InChI is InChI=1S/C25H29N5O3/c1-17(2)19-4-6-20(7-5-19)33-25-23(26)24(27-15-28-25)30-11-9-29(10-12-30)14-18-3-8-21-22(13-18)32-16-31-21/h3-8,13,15,17H,9-12,14,16,26H2,1-2H3. The van der Waals surface area contributed by atoms with Crippen LogP contribution in [0, 0.1) is 0 Å². The summed E-state index contributed by atoms with van der Waals surface area (Å²) in [5.41, 5.74) is 9.36. The summed E-state index contributed by atoms with van der Waals surface area (Å²) in [5.74, 6) is 3.94. The number of aromatic nitrogens is 2. The minimum atomic E-state index is 0.298. The van der Waals surface area contributed by atoms with E-state index in [1.165, 1.54) is 17.5 Å². The highest BCUT2D eigenvalue weighted by molar-refractivity contribution is 5.68. The van der Waals surface area contributed by atoms with Crippen molar-refractivity contribution >= 4 is 11.5 Å². The molecule has 2 aliphatic heterocycles. The Labute approximate surface area is 193 Å². The van der Waals surface area contributed by atoms with Gasteiger partial charge in [0.25, 0.3) is 0 Å². The number of hydrogen-bond acceptors (Lipinski definition) is 8. The van der Waals surface area contributed by atoms with Crippen LogP contribution in [-0.2, 0) is 6.54 Å². The lowest BCUT2D eigenvalue weighted by atomic mass is 10.0. The largest absolute Gasteiger partial charge is 0.454 e. The summed E-state index contributed by atoms with van der Waals surface area (Å²) < 4.78 is 16.9. The molecule has 2 N–H and O–H groups in total. The fourth-order valence-electron chi connectivity index (χ4n) is 4.15. The number of piperazine rings is 1. The zero-order chi connectivity index (χ0) is 22.8. The van der Waals surface area contributed by atoms with E-state index < -0.39 is 0 Å². The maximum absolute atomic E-state index is 6.42. The Hall–Kier alpha value is -3.52. The SMILES string of the molecule is CC(C)c1ccc(Oc2ncnc(N3CCN(Cc4ccc5c(c4)OCO5)CC3)c2N)cc1. The molecule has 2 aliphatic rings. The van der Waals surface area contributed by atoms with Gasteiger partial charge in [0.15, 0.2) is 17.3 Å². The van der Waals surface area contributed by atoms with E-state index in [0.29, 0.717) is 30.0 Å². The number of ether oxygens (including phenoxy) is 3. The summed E-state index contributed by atoms with van der Waals surface area (Å²) in [6.07, 6.45) is 1.52. The summed E-state index contributed by atoms with van der Waals surface area (Å²) in [5, 5.41) is 0. The first-order valence-electron chi connectivity index (χ1n) is 11.3. The molecule has 3 heterocycles. The van der Waals surface area contributed by atoms with Gasteiger partial charge in [-0.05, 0) is 41.3 Å². The lowest BCUT2D eigenvalue weighted by Gasteiger charge is -2.35. The maximum Gasteiger partial charge on any atom is 0.248 e. The third-order valence-corrected chi connectivity index (χ3v) is 6.10. The average Bonchev–Trinajstić information content (AvgIpc) is 3.29. The van der Waals surface area contributed by atoms with Crippen molar-refractivity contribution < 1.29 is 14.2 Å². The predicted octanol–water partition coefficient (Wildman–Crippen LogP) is 4.03. The van der Waals surface area contributed by atoms with E-state index in [1.807, 2.05) is 18.2 Å². The van der Waals surface area contributed by atoms with Crippen molar-refractivity contribution in [1.82, 2.24) is 14.9 Å². The second-order valence-corrected chi connectivity index (χ2v) is 8.69. The molecule has 1 fully saturated rings. The highest BCUT2D eigenvalue weighted by atomic mass is 16.7. The molecule has 5 rings (SSSR count). The van der Waals surface area contributed by atoms with E-state index in [1.54, 1.807) is 0 Å². The van der Waals surface area contributed by atoms with Crippen LogP contribution in [0.1, 0.15) is 30.9 Å². The minimum absolute atomic E-state index is 0.298. The lowest BCUT2D eigenvalue weighted by Crippen LogP contribution is -2.46. The maximum atomic E-state index is 6.42. The Morgan fingerprint density at radius 2 is 1.73 bits per heavy atom. The van der Waals surface area contributed by atoms with Gasteiger partial charge in [-0.2, -0.15) is 4.98 Å². The minimum Gasteiger partial charge on any atom is -0.454 e. The van der Waals surface area contributed by atoms with Crippen LogP contribution in [0.5, 0.6) is 23.1 Å². The third kappa shape index (κ3) is 4.66. The highest BCUT2D eigenvalue weighted by Crippen LogP contribution is 2.34. The van der Waals surface area contributed by atoms with Gasteiger partial charge in [-0.3, -0.25) is 4.90 Å². The Morgan fingerprint density at radius 3 is 2.48 bits per heavy atom. The van der Waals surface area contributed by atoms with Crippen molar-refractivity contribution in [2.45, 2.75) is 26.3 Å². The second-order valence-electron chi connectivity index (χ2n) is 8.69. The van der Waals surface area contributed by atoms with Crippen LogP contribution in [0.25, 0.3) is 0 Å². The first-order chi connectivity index (χ1) is 16.1. The van der Waals surface area contributed by atoms with E-state index in [-0.39, 0.29) is 0 Å². The summed E-state index contributed by atoms with van der Waals surface area (Å²) in [6, 6.07) is 14.2. The molecule has 8 heteroatoms. The predicted molar refractivity (Wildman–Crippen MR) is 127 cm³/mol. The molecule has 2 aromatic carbocycles. The Morgan fingerprint density at radius 1 is 0.970 bits per heavy atom. The molecule has 1 aromatic heterocycles. The van der Waals surface area contributed by atoms with Crippen LogP contribution in [0.15, 0.2) is 48.8 Å². The normalized spacial score (nSPS) is 15.8. The molecule has 0 bridgehead atoms. The molecule has 0 unspecified atom stereocenters. The molecular weight excluding hydrogens is 418 g/mol. The average molecular weight is 448 g/mol. The summed E-state index contributed by atoms with van der Waals surface area (Å²) in [4.78, 5) is 13.3. The van der Waals surface area contributed by atoms with Crippen LogP contribution in [-0.4, -0.2) is 47.8 Å². The zero-order valence-electron chi connectivity index (χ0n) is 19.0.